The van der Waals surface area contributed by atoms with Gasteiger partial charge < -0.3 is 14.5 Å². The van der Waals surface area contributed by atoms with Crippen LogP contribution < -0.4 is 0 Å². The van der Waals surface area contributed by atoms with Gasteiger partial charge in [0, 0.05) is 50.0 Å². The molecule has 1 N–H and O–H groups in total. The lowest BCUT2D eigenvalue weighted by atomic mass is 10.1. The van der Waals surface area contributed by atoms with Gasteiger partial charge in [0.15, 0.2) is 0 Å². The number of para-hydroxylation sites is 1. The van der Waals surface area contributed by atoms with Crippen molar-refractivity contribution in [1.82, 2.24) is 24.3 Å². The Kier molecular flexibility index (Phi) is 3.61. The summed E-state index contributed by atoms with van der Waals surface area (Å²) in [6, 6.07) is 10.0. The van der Waals surface area contributed by atoms with E-state index in [1.165, 1.54) is 0 Å². The van der Waals surface area contributed by atoms with Crippen LogP contribution in [0.4, 0.5) is 0 Å². The number of hydrogen-bond acceptors (Lipinski definition) is 3. The number of nitrogens with one attached hydrogen (secondary N) is 1. The van der Waals surface area contributed by atoms with Crippen molar-refractivity contribution >= 4 is 16.8 Å². The van der Waals surface area contributed by atoms with Gasteiger partial charge >= 0.3 is 0 Å². The number of fused-ring (bicyclic) bond motifs is 1. The van der Waals surface area contributed by atoms with E-state index in [4.69, 9.17) is 0 Å². The van der Waals surface area contributed by atoms with Crippen molar-refractivity contribution in [3.63, 3.8) is 0 Å². The van der Waals surface area contributed by atoms with Crippen LogP contribution >= 0.6 is 0 Å². The van der Waals surface area contributed by atoms with Gasteiger partial charge in [0.25, 0.3) is 5.91 Å². The summed E-state index contributed by atoms with van der Waals surface area (Å²) in [4.78, 5) is 24.8. The summed E-state index contributed by atoms with van der Waals surface area (Å²) < 4.78 is 2.03. The predicted molar refractivity (Wildman–Crippen MR) is 92.8 cm³/mol. The molecule has 24 heavy (non-hydrogen) atoms. The summed E-state index contributed by atoms with van der Waals surface area (Å²) >= 11 is 0. The van der Waals surface area contributed by atoms with Crippen LogP contribution in [0.15, 0.2) is 42.7 Å². The molecule has 1 saturated heterocycles. The molecule has 6 heteroatoms. The molecule has 1 atom stereocenters. The highest BCUT2D eigenvalue weighted by Crippen LogP contribution is 2.24. The van der Waals surface area contributed by atoms with E-state index in [-0.39, 0.29) is 11.9 Å². The van der Waals surface area contributed by atoms with Gasteiger partial charge in [0.1, 0.15) is 11.5 Å². The highest BCUT2D eigenvalue weighted by atomic mass is 16.2. The fourth-order valence-corrected chi connectivity index (χ4v) is 3.39. The lowest BCUT2D eigenvalue weighted by Crippen LogP contribution is -2.49. The van der Waals surface area contributed by atoms with Crippen LogP contribution in [-0.4, -0.2) is 56.9 Å². The number of aromatic amines is 1. The van der Waals surface area contributed by atoms with Crippen LogP contribution in [0.2, 0.25) is 0 Å². The molecule has 1 aliphatic heterocycles. The predicted octanol–water partition coefficient (Wildman–Crippen LogP) is 2.03. The second-order valence-corrected chi connectivity index (χ2v) is 6.41. The number of carbonyl (C=O) groups is 1. The van der Waals surface area contributed by atoms with Crippen molar-refractivity contribution < 1.29 is 4.79 Å². The lowest BCUT2D eigenvalue weighted by molar-refractivity contribution is 0.0524. The fraction of sp³-hybridized carbons (Fsp3) is 0.333. The number of likely N-dealkylation sites (N-methyl/N-ethyl adjacent to an activating group) is 1. The number of amides is 1. The molecule has 1 unspecified atom stereocenters. The zero-order valence-corrected chi connectivity index (χ0v) is 13.9. The molecule has 2 aromatic heterocycles. The van der Waals surface area contributed by atoms with Gasteiger partial charge in [0.2, 0.25) is 0 Å². The molecule has 124 valence electrons. The normalized spacial score (nSPS) is 19.1. The van der Waals surface area contributed by atoms with E-state index < -0.39 is 0 Å². The largest absolute Gasteiger partial charge is 0.351 e. The minimum absolute atomic E-state index is 0.0542. The minimum atomic E-state index is 0.0542. The van der Waals surface area contributed by atoms with Gasteiger partial charge in [-0.3, -0.25) is 9.69 Å². The highest BCUT2D eigenvalue weighted by Gasteiger charge is 2.31. The Bertz CT molecular complexity index is 847. The molecule has 3 aromatic rings. The fourth-order valence-electron chi connectivity index (χ4n) is 3.39. The Morgan fingerprint density at radius 3 is 2.83 bits per heavy atom. The van der Waals surface area contributed by atoms with Crippen molar-refractivity contribution in [2.45, 2.75) is 6.04 Å². The van der Waals surface area contributed by atoms with Crippen LogP contribution in [0.1, 0.15) is 22.4 Å². The second-order valence-electron chi connectivity index (χ2n) is 6.41. The average molecular weight is 323 g/mol. The maximum Gasteiger partial charge on any atom is 0.270 e. The lowest BCUT2D eigenvalue weighted by Gasteiger charge is -2.38. The summed E-state index contributed by atoms with van der Waals surface area (Å²) in [6.07, 6.45) is 3.75. The van der Waals surface area contributed by atoms with Gasteiger partial charge in [-0.05, 0) is 19.2 Å². The van der Waals surface area contributed by atoms with Crippen molar-refractivity contribution in [1.29, 1.82) is 0 Å². The molecular formula is C18H21N5O. The number of piperazine rings is 1. The first-order valence-corrected chi connectivity index (χ1v) is 8.18. The van der Waals surface area contributed by atoms with E-state index in [1.807, 2.05) is 59.2 Å². The summed E-state index contributed by atoms with van der Waals surface area (Å²) in [6.45, 7) is 2.21. The zero-order valence-electron chi connectivity index (χ0n) is 13.9. The molecule has 1 aliphatic rings. The monoisotopic (exact) mass is 323 g/mol. The SMILES string of the molecule is CN1CCN(C(=O)c2cc3ccccc3[nH]2)CC1c1nccn1C. The minimum Gasteiger partial charge on any atom is -0.351 e. The average Bonchev–Trinajstić information content (AvgIpc) is 3.20. The summed E-state index contributed by atoms with van der Waals surface area (Å²) in [7, 11) is 4.08. The molecule has 0 bridgehead atoms. The summed E-state index contributed by atoms with van der Waals surface area (Å²) in [5.74, 6) is 1.05. The van der Waals surface area contributed by atoms with Crippen LogP contribution in [0.25, 0.3) is 10.9 Å². The number of aromatic nitrogens is 3. The Labute approximate surface area is 140 Å². The maximum absolute atomic E-state index is 12.9. The quantitative estimate of drug-likeness (QED) is 0.785. The van der Waals surface area contributed by atoms with E-state index in [2.05, 4.69) is 21.9 Å². The first-order chi connectivity index (χ1) is 11.6. The van der Waals surface area contributed by atoms with E-state index in [1.54, 1.807) is 0 Å². The molecule has 1 amide bonds. The smallest absolute Gasteiger partial charge is 0.270 e. The van der Waals surface area contributed by atoms with Gasteiger partial charge in [0.05, 0.1) is 6.04 Å². The number of rotatable bonds is 2. The van der Waals surface area contributed by atoms with Crippen LogP contribution in [0.3, 0.4) is 0 Å². The van der Waals surface area contributed by atoms with E-state index in [9.17, 15) is 4.79 Å². The Balaban J connectivity index is 1.59. The van der Waals surface area contributed by atoms with Crippen molar-refractivity contribution in [2.75, 3.05) is 26.7 Å². The number of aryl methyl sites for hydroxylation is 1. The van der Waals surface area contributed by atoms with Crippen molar-refractivity contribution in [2.24, 2.45) is 7.05 Å². The first-order valence-electron chi connectivity index (χ1n) is 8.18. The molecule has 0 aliphatic carbocycles. The zero-order chi connectivity index (χ0) is 16.7. The molecule has 0 spiro atoms. The van der Waals surface area contributed by atoms with Crippen LogP contribution in [-0.2, 0) is 7.05 Å². The Hall–Kier alpha value is -2.60. The van der Waals surface area contributed by atoms with E-state index in [0.717, 1.165) is 29.8 Å². The molecule has 1 aromatic carbocycles. The number of benzene rings is 1. The number of hydrogen-bond donors (Lipinski definition) is 1. The highest BCUT2D eigenvalue weighted by molar-refractivity contribution is 5.98. The molecule has 6 nitrogen and oxygen atoms in total. The summed E-state index contributed by atoms with van der Waals surface area (Å²) in [5, 5.41) is 1.07. The number of carbonyl (C=O) groups excluding carboxylic acids is 1. The Morgan fingerprint density at radius 1 is 1.25 bits per heavy atom. The Morgan fingerprint density at radius 2 is 2.08 bits per heavy atom. The summed E-state index contributed by atoms with van der Waals surface area (Å²) in [5.41, 5.74) is 1.65. The van der Waals surface area contributed by atoms with E-state index in [0.29, 0.717) is 12.2 Å². The van der Waals surface area contributed by atoms with Crippen LogP contribution in [0, 0.1) is 0 Å². The first kappa shape index (κ1) is 15.0. The molecule has 0 radical (unpaired) electrons. The third kappa shape index (κ3) is 2.49. The van der Waals surface area contributed by atoms with Crippen LogP contribution in [0.5, 0.6) is 0 Å². The molecular weight excluding hydrogens is 302 g/mol. The number of H-pyrrole nitrogens is 1. The van der Waals surface area contributed by atoms with Gasteiger partial charge in [-0.25, -0.2) is 4.98 Å². The molecule has 0 saturated carbocycles. The molecule has 1 fully saturated rings. The topological polar surface area (TPSA) is 57.2 Å². The van der Waals surface area contributed by atoms with Gasteiger partial charge in [-0.1, -0.05) is 18.2 Å². The number of imidazole rings is 1. The van der Waals surface area contributed by atoms with Gasteiger partial charge in [-0.15, -0.1) is 0 Å². The third-order valence-electron chi connectivity index (χ3n) is 4.85. The van der Waals surface area contributed by atoms with Crippen molar-refractivity contribution in [3.05, 3.63) is 54.2 Å². The number of nitrogens with zero attached hydrogens (tertiary/aromatic N) is 4. The maximum atomic E-state index is 12.9. The second kappa shape index (κ2) is 5.79. The third-order valence-corrected chi connectivity index (χ3v) is 4.85. The molecule has 3 heterocycles. The van der Waals surface area contributed by atoms with E-state index >= 15 is 0 Å². The molecule has 4 rings (SSSR count). The van der Waals surface area contributed by atoms with Gasteiger partial charge in [-0.2, -0.15) is 0 Å². The standard InChI is InChI=1S/C18H21N5O/c1-21-9-10-23(12-16(21)17-19-7-8-22(17)2)18(24)15-11-13-5-3-4-6-14(13)20-15/h3-8,11,16,20H,9-10,12H2,1-2H3. The van der Waals surface area contributed by atoms with Crippen molar-refractivity contribution in [3.8, 4) is 0 Å².